The monoisotopic (exact) mass is 313 g/mol. The maximum absolute atomic E-state index is 5.87. The normalized spacial score (nSPS) is 18.7. The number of benzene rings is 1. The molecule has 1 saturated heterocycles. The Hall–Kier alpha value is -1.98. The Morgan fingerprint density at radius 1 is 1.22 bits per heavy atom. The quantitative estimate of drug-likeness (QED) is 0.784. The predicted molar refractivity (Wildman–Crippen MR) is 88.5 cm³/mol. The van der Waals surface area contributed by atoms with E-state index in [4.69, 9.17) is 9.47 Å². The molecule has 1 unspecified atom stereocenters. The van der Waals surface area contributed by atoms with Crippen molar-refractivity contribution in [3.05, 3.63) is 54.6 Å². The zero-order valence-electron chi connectivity index (χ0n) is 13.3. The van der Waals surface area contributed by atoms with E-state index in [1.54, 1.807) is 12.5 Å². The lowest BCUT2D eigenvalue weighted by molar-refractivity contribution is -0.0346. The van der Waals surface area contributed by atoms with E-state index in [1.807, 2.05) is 36.4 Å². The second-order valence-electron chi connectivity index (χ2n) is 5.69. The van der Waals surface area contributed by atoms with Gasteiger partial charge < -0.3 is 9.47 Å². The van der Waals surface area contributed by atoms with Gasteiger partial charge in [-0.05, 0) is 31.0 Å². The molecular formula is C18H23N3O2. The molecule has 0 saturated carbocycles. The molecule has 5 nitrogen and oxygen atoms in total. The highest BCUT2D eigenvalue weighted by atomic mass is 16.5. The third kappa shape index (κ3) is 5.30. The van der Waals surface area contributed by atoms with Crippen LogP contribution < -0.4 is 4.74 Å². The summed E-state index contributed by atoms with van der Waals surface area (Å²) in [7, 11) is 0. The smallest absolute Gasteiger partial charge is 0.119 e. The van der Waals surface area contributed by atoms with Gasteiger partial charge in [0.1, 0.15) is 18.7 Å². The van der Waals surface area contributed by atoms with Gasteiger partial charge in [-0.1, -0.05) is 18.2 Å². The van der Waals surface area contributed by atoms with Crippen molar-refractivity contribution in [3.63, 3.8) is 0 Å². The SMILES string of the molecule is c1ccc(OCCN2CCOC(CCc3ccncn3)C2)cc1. The number of morpholine rings is 1. The second kappa shape index (κ2) is 8.60. The van der Waals surface area contributed by atoms with Gasteiger partial charge in [-0.15, -0.1) is 0 Å². The number of hydrogen-bond donors (Lipinski definition) is 0. The number of aromatic nitrogens is 2. The van der Waals surface area contributed by atoms with Gasteiger partial charge in [-0.3, -0.25) is 4.90 Å². The van der Waals surface area contributed by atoms with Crippen molar-refractivity contribution in [2.45, 2.75) is 18.9 Å². The van der Waals surface area contributed by atoms with Gasteiger partial charge in [-0.25, -0.2) is 9.97 Å². The minimum absolute atomic E-state index is 0.274. The van der Waals surface area contributed by atoms with Crippen LogP contribution >= 0.6 is 0 Å². The third-order valence-corrected chi connectivity index (χ3v) is 4.01. The Morgan fingerprint density at radius 3 is 2.96 bits per heavy atom. The van der Waals surface area contributed by atoms with Crippen LogP contribution in [0.15, 0.2) is 48.9 Å². The average Bonchev–Trinajstić information content (AvgIpc) is 2.62. The standard InChI is InChI=1S/C18H23N3O2/c1-2-4-17(5-3-1)22-12-10-21-11-13-23-18(14-21)7-6-16-8-9-19-15-20-16/h1-5,8-9,15,18H,6-7,10-14H2. The summed E-state index contributed by atoms with van der Waals surface area (Å²) in [4.78, 5) is 10.6. The lowest BCUT2D eigenvalue weighted by Crippen LogP contribution is -2.44. The molecule has 3 rings (SSSR count). The first-order valence-electron chi connectivity index (χ1n) is 8.17. The van der Waals surface area contributed by atoms with E-state index in [1.165, 1.54) is 0 Å². The topological polar surface area (TPSA) is 47.5 Å². The summed E-state index contributed by atoms with van der Waals surface area (Å²) in [6.45, 7) is 4.37. The first kappa shape index (κ1) is 15.9. The highest BCUT2D eigenvalue weighted by molar-refractivity contribution is 5.20. The van der Waals surface area contributed by atoms with Crippen molar-refractivity contribution in [3.8, 4) is 5.75 Å². The first-order chi connectivity index (χ1) is 11.4. The molecule has 0 bridgehead atoms. The molecule has 1 atom stereocenters. The van der Waals surface area contributed by atoms with Gasteiger partial charge in [0.2, 0.25) is 0 Å². The predicted octanol–water partition coefficient (Wildman–Crippen LogP) is 2.19. The van der Waals surface area contributed by atoms with Crippen molar-refractivity contribution in [2.24, 2.45) is 0 Å². The maximum Gasteiger partial charge on any atom is 0.119 e. The number of para-hydroxylation sites is 1. The zero-order valence-corrected chi connectivity index (χ0v) is 13.3. The second-order valence-corrected chi connectivity index (χ2v) is 5.69. The fourth-order valence-electron chi connectivity index (χ4n) is 2.74. The molecule has 122 valence electrons. The summed E-state index contributed by atoms with van der Waals surface area (Å²) >= 11 is 0. The van der Waals surface area contributed by atoms with Crippen LogP contribution in [-0.4, -0.2) is 53.8 Å². The molecule has 0 aliphatic carbocycles. The van der Waals surface area contributed by atoms with Crippen LogP contribution in [0.5, 0.6) is 5.75 Å². The molecule has 0 radical (unpaired) electrons. The Bertz CT molecular complexity index is 565. The maximum atomic E-state index is 5.87. The zero-order chi connectivity index (χ0) is 15.7. The summed E-state index contributed by atoms with van der Waals surface area (Å²) < 4.78 is 11.6. The highest BCUT2D eigenvalue weighted by Crippen LogP contribution is 2.12. The van der Waals surface area contributed by atoms with Gasteiger partial charge in [0.05, 0.1) is 12.7 Å². The van der Waals surface area contributed by atoms with Crippen LogP contribution in [0.2, 0.25) is 0 Å². The Kier molecular flexibility index (Phi) is 5.94. The number of nitrogens with zero attached hydrogens (tertiary/aromatic N) is 3. The lowest BCUT2D eigenvalue weighted by Gasteiger charge is -2.32. The lowest BCUT2D eigenvalue weighted by atomic mass is 10.1. The van der Waals surface area contributed by atoms with Crippen LogP contribution in [0.25, 0.3) is 0 Å². The van der Waals surface area contributed by atoms with E-state index in [-0.39, 0.29) is 6.10 Å². The van der Waals surface area contributed by atoms with Crippen LogP contribution in [0.4, 0.5) is 0 Å². The number of aryl methyl sites for hydroxylation is 1. The fraction of sp³-hybridized carbons (Fsp3) is 0.444. The van der Waals surface area contributed by atoms with Crippen molar-refractivity contribution in [1.29, 1.82) is 0 Å². The Labute approximate surface area is 137 Å². The fourth-order valence-corrected chi connectivity index (χ4v) is 2.74. The van der Waals surface area contributed by atoms with Crippen molar-refractivity contribution >= 4 is 0 Å². The van der Waals surface area contributed by atoms with Gasteiger partial charge >= 0.3 is 0 Å². The molecule has 23 heavy (non-hydrogen) atoms. The summed E-state index contributed by atoms with van der Waals surface area (Å²) in [6.07, 6.45) is 5.59. The van der Waals surface area contributed by atoms with Gasteiger partial charge in [-0.2, -0.15) is 0 Å². The Balaban J connectivity index is 1.38. The van der Waals surface area contributed by atoms with Crippen LogP contribution in [0, 0.1) is 0 Å². The van der Waals surface area contributed by atoms with Crippen molar-refractivity contribution in [1.82, 2.24) is 14.9 Å². The van der Waals surface area contributed by atoms with Crippen LogP contribution in [0.1, 0.15) is 12.1 Å². The van der Waals surface area contributed by atoms with E-state index in [0.717, 1.165) is 50.5 Å². The number of rotatable bonds is 7. The molecule has 1 aromatic carbocycles. The van der Waals surface area contributed by atoms with Crippen molar-refractivity contribution in [2.75, 3.05) is 32.8 Å². The van der Waals surface area contributed by atoms with Gasteiger partial charge in [0, 0.05) is 31.5 Å². The van der Waals surface area contributed by atoms with Crippen LogP contribution in [-0.2, 0) is 11.2 Å². The van der Waals surface area contributed by atoms with E-state index in [2.05, 4.69) is 14.9 Å². The van der Waals surface area contributed by atoms with Crippen molar-refractivity contribution < 1.29 is 9.47 Å². The van der Waals surface area contributed by atoms with Gasteiger partial charge in [0.25, 0.3) is 0 Å². The summed E-state index contributed by atoms with van der Waals surface area (Å²) in [5.41, 5.74) is 1.08. The number of ether oxygens (including phenoxy) is 2. The summed E-state index contributed by atoms with van der Waals surface area (Å²) in [6, 6.07) is 11.9. The molecule has 1 aliphatic rings. The molecular weight excluding hydrogens is 290 g/mol. The molecule has 0 spiro atoms. The average molecular weight is 313 g/mol. The van der Waals surface area contributed by atoms with Gasteiger partial charge in [0.15, 0.2) is 0 Å². The molecule has 2 aromatic rings. The Morgan fingerprint density at radius 2 is 2.13 bits per heavy atom. The minimum Gasteiger partial charge on any atom is -0.492 e. The van der Waals surface area contributed by atoms with E-state index in [0.29, 0.717) is 6.61 Å². The molecule has 1 fully saturated rings. The van der Waals surface area contributed by atoms with E-state index in [9.17, 15) is 0 Å². The third-order valence-electron chi connectivity index (χ3n) is 4.01. The molecule has 1 aliphatic heterocycles. The molecule has 0 N–H and O–H groups in total. The molecule has 1 aromatic heterocycles. The van der Waals surface area contributed by atoms with E-state index < -0.39 is 0 Å². The minimum atomic E-state index is 0.274. The highest BCUT2D eigenvalue weighted by Gasteiger charge is 2.20. The number of hydrogen-bond acceptors (Lipinski definition) is 5. The summed E-state index contributed by atoms with van der Waals surface area (Å²) in [5, 5.41) is 0. The first-order valence-corrected chi connectivity index (χ1v) is 8.17. The summed E-state index contributed by atoms with van der Waals surface area (Å²) in [5.74, 6) is 0.932. The van der Waals surface area contributed by atoms with E-state index >= 15 is 0 Å². The molecule has 5 heteroatoms. The van der Waals surface area contributed by atoms with Crippen LogP contribution in [0.3, 0.4) is 0 Å². The molecule has 2 heterocycles. The largest absolute Gasteiger partial charge is 0.492 e. The molecule has 0 amide bonds.